The van der Waals surface area contributed by atoms with E-state index >= 15 is 0 Å². The maximum Gasteiger partial charge on any atom is 0.355 e. The first-order valence-corrected chi connectivity index (χ1v) is 4.84. The molecule has 0 aliphatic carbocycles. The number of carbonyl (C=O) groups is 1. The largest absolute Gasteiger partial charge is 0.464 e. The Kier molecular flexibility index (Phi) is 2.64. The van der Waals surface area contributed by atoms with Gasteiger partial charge in [-0.3, -0.25) is 0 Å². The van der Waals surface area contributed by atoms with Gasteiger partial charge in [0, 0.05) is 23.0 Å². The summed E-state index contributed by atoms with van der Waals surface area (Å²) in [5.74, 6) is -0.400. The predicted octanol–water partition coefficient (Wildman–Crippen LogP) is 2.05. The molecule has 1 aromatic heterocycles. The molecule has 0 amide bonds. The number of ether oxygens (including phenoxy) is 1. The SMILES string of the molecule is COC(=O)c1[nH]ccc1-c1ccccc1N. The van der Waals surface area contributed by atoms with Crippen molar-refractivity contribution in [3.05, 3.63) is 42.2 Å². The molecular weight excluding hydrogens is 204 g/mol. The molecule has 1 aromatic carbocycles. The Hall–Kier alpha value is -2.23. The van der Waals surface area contributed by atoms with E-state index in [0.29, 0.717) is 11.4 Å². The Labute approximate surface area is 93.0 Å². The number of esters is 1. The normalized spacial score (nSPS) is 10.1. The molecule has 0 spiro atoms. The molecule has 82 valence electrons. The van der Waals surface area contributed by atoms with Crippen LogP contribution in [-0.2, 0) is 4.74 Å². The van der Waals surface area contributed by atoms with E-state index in [9.17, 15) is 4.79 Å². The number of aromatic nitrogens is 1. The molecule has 0 saturated heterocycles. The zero-order valence-electron chi connectivity index (χ0n) is 8.86. The summed E-state index contributed by atoms with van der Waals surface area (Å²) in [5.41, 5.74) is 8.48. The van der Waals surface area contributed by atoms with Crippen molar-refractivity contribution in [2.24, 2.45) is 0 Å². The third-order valence-corrected chi connectivity index (χ3v) is 2.39. The van der Waals surface area contributed by atoms with Crippen LogP contribution < -0.4 is 5.73 Å². The lowest BCUT2D eigenvalue weighted by Crippen LogP contribution is -2.03. The van der Waals surface area contributed by atoms with E-state index in [2.05, 4.69) is 9.72 Å². The van der Waals surface area contributed by atoms with Crippen molar-refractivity contribution >= 4 is 11.7 Å². The maximum atomic E-state index is 11.5. The highest BCUT2D eigenvalue weighted by atomic mass is 16.5. The molecule has 0 atom stereocenters. The molecule has 0 saturated carbocycles. The highest BCUT2D eigenvalue weighted by Crippen LogP contribution is 2.28. The minimum Gasteiger partial charge on any atom is -0.464 e. The van der Waals surface area contributed by atoms with Crippen LogP contribution in [0.25, 0.3) is 11.1 Å². The van der Waals surface area contributed by atoms with E-state index in [-0.39, 0.29) is 0 Å². The van der Waals surface area contributed by atoms with Crippen molar-refractivity contribution in [3.8, 4) is 11.1 Å². The summed E-state index contributed by atoms with van der Waals surface area (Å²) in [6, 6.07) is 9.19. The molecule has 3 N–H and O–H groups in total. The first-order chi connectivity index (χ1) is 7.74. The zero-order valence-corrected chi connectivity index (χ0v) is 8.86. The van der Waals surface area contributed by atoms with Crippen LogP contribution in [0, 0.1) is 0 Å². The van der Waals surface area contributed by atoms with Gasteiger partial charge in [0.05, 0.1) is 7.11 Å². The summed E-state index contributed by atoms with van der Waals surface area (Å²) < 4.78 is 4.69. The topological polar surface area (TPSA) is 68.1 Å². The average Bonchev–Trinajstić information content (AvgIpc) is 2.77. The number of hydrogen-bond donors (Lipinski definition) is 2. The Morgan fingerprint density at radius 3 is 2.69 bits per heavy atom. The van der Waals surface area contributed by atoms with Gasteiger partial charge < -0.3 is 15.5 Å². The van der Waals surface area contributed by atoms with Gasteiger partial charge in [0.25, 0.3) is 0 Å². The number of benzene rings is 1. The van der Waals surface area contributed by atoms with Gasteiger partial charge in [-0.1, -0.05) is 18.2 Å². The number of para-hydroxylation sites is 1. The smallest absolute Gasteiger partial charge is 0.355 e. The molecule has 4 nitrogen and oxygen atoms in total. The number of nitrogens with one attached hydrogen (secondary N) is 1. The fourth-order valence-corrected chi connectivity index (χ4v) is 1.61. The van der Waals surface area contributed by atoms with Gasteiger partial charge in [0.2, 0.25) is 0 Å². The van der Waals surface area contributed by atoms with Gasteiger partial charge in [0.1, 0.15) is 5.69 Å². The number of nitrogen functional groups attached to an aromatic ring is 1. The summed E-state index contributed by atoms with van der Waals surface area (Å²) in [6.45, 7) is 0. The Balaban J connectivity index is 2.53. The van der Waals surface area contributed by atoms with Crippen LogP contribution in [0.2, 0.25) is 0 Å². The van der Waals surface area contributed by atoms with E-state index in [1.807, 2.05) is 18.2 Å². The van der Waals surface area contributed by atoms with Crippen molar-refractivity contribution in [1.29, 1.82) is 0 Å². The van der Waals surface area contributed by atoms with Gasteiger partial charge >= 0.3 is 5.97 Å². The van der Waals surface area contributed by atoms with Gasteiger partial charge in [0.15, 0.2) is 0 Å². The number of H-pyrrole nitrogens is 1. The molecule has 2 aromatic rings. The molecular formula is C12H12N2O2. The van der Waals surface area contributed by atoms with E-state index in [4.69, 9.17) is 5.73 Å². The molecule has 0 fully saturated rings. The molecule has 16 heavy (non-hydrogen) atoms. The second-order valence-electron chi connectivity index (χ2n) is 3.35. The summed E-state index contributed by atoms with van der Waals surface area (Å²) in [6.07, 6.45) is 1.69. The number of hydrogen-bond acceptors (Lipinski definition) is 3. The van der Waals surface area contributed by atoms with E-state index < -0.39 is 5.97 Å². The van der Waals surface area contributed by atoms with Gasteiger partial charge in [-0.25, -0.2) is 4.79 Å². The first-order valence-electron chi connectivity index (χ1n) is 4.84. The van der Waals surface area contributed by atoms with Crippen molar-refractivity contribution in [2.45, 2.75) is 0 Å². The van der Waals surface area contributed by atoms with E-state index in [0.717, 1.165) is 11.1 Å². The number of nitrogens with two attached hydrogens (primary N) is 1. The molecule has 0 radical (unpaired) electrons. The number of anilines is 1. The second-order valence-corrected chi connectivity index (χ2v) is 3.35. The standard InChI is InChI=1S/C12H12N2O2/c1-16-12(15)11-9(6-7-14-11)8-4-2-3-5-10(8)13/h2-7,14H,13H2,1H3. The van der Waals surface area contributed by atoms with E-state index in [1.54, 1.807) is 18.3 Å². The van der Waals surface area contributed by atoms with Crippen LogP contribution in [0.5, 0.6) is 0 Å². The third-order valence-electron chi connectivity index (χ3n) is 2.39. The monoisotopic (exact) mass is 216 g/mol. The molecule has 0 bridgehead atoms. The molecule has 0 aliphatic rings. The Morgan fingerprint density at radius 1 is 1.25 bits per heavy atom. The van der Waals surface area contributed by atoms with Crippen molar-refractivity contribution in [2.75, 3.05) is 12.8 Å². The average molecular weight is 216 g/mol. The lowest BCUT2D eigenvalue weighted by Gasteiger charge is -2.05. The minimum absolute atomic E-state index is 0.400. The Bertz CT molecular complexity index is 517. The van der Waals surface area contributed by atoms with Crippen molar-refractivity contribution in [1.82, 2.24) is 4.98 Å². The number of aromatic amines is 1. The van der Waals surface area contributed by atoms with Crippen LogP contribution in [0.3, 0.4) is 0 Å². The molecule has 2 rings (SSSR count). The van der Waals surface area contributed by atoms with Crippen LogP contribution in [0.15, 0.2) is 36.5 Å². The lowest BCUT2D eigenvalue weighted by molar-refractivity contribution is 0.0596. The van der Waals surface area contributed by atoms with Crippen molar-refractivity contribution in [3.63, 3.8) is 0 Å². The first kappa shape index (κ1) is 10.3. The maximum absolute atomic E-state index is 11.5. The quantitative estimate of drug-likeness (QED) is 0.596. The fourth-order valence-electron chi connectivity index (χ4n) is 1.61. The predicted molar refractivity (Wildman–Crippen MR) is 62.0 cm³/mol. The Morgan fingerprint density at radius 2 is 2.00 bits per heavy atom. The number of methoxy groups -OCH3 is 1. The van der Waals surface area contributed by atoms with Crippen LogP contribution in [0.1, 0.15) is 10.5 Å². The summed E-state index contributed by atoms with van der Waals surface area (Å²) in [7, 11) is 1.35. The van der Waals surface area contributed by atoms with Gasteiger partial charge in [-0.15, -0.1) is 0 Å². The lowest BCUT2D eigenvalue weighted by atomic mass is 10.0. The molecule has 0 aliphatic heterocycles. The zero-order chi connectivity index (χ0) is 11.5. The molecule has 1 heterocycles. The highest BCUT2D eigenvalue weighted by Gasteiger charge is 2.15. The molecule has 4 heteroatoms. The van der Waals surface area contributed by atoms with Gasteiger partial charge in [-0.2, -0.15) is 0 Å². The van der Waals surface area contributed by atoms with Gasteiger partial charge in [-0.05, 0) is 12.1 Å². The van der Waals surface area contributed by atoms with E-state index in [1.165, 1.54) is 7.11 Å². The van der Waals surface area contributed by atoms with Crippen LogP contribution in [-0.4, -0.2) is 18.1 Å². The fraction of sp³-hybridized carbons (Fsp3) is 0.0833. The highest BCUT2D eigenvalue weighted by molar-refractivity contribution is 5.97. The molecule has 0 unspecified atom stereocenters. The summed E-state index contributed by atoms with van der Waals surface area (Å²) in [5, 5.41) is 0. The second kappa shape index (κ2) is 4.10. The van der Waals surface area contributed by atoms with Crippen LogP contribution in [0.4, 0.5) is 5.69 Å². The third kappa shape index (κ3) is 1.65. The summed E-state index contributed by atoms with van der Waals surface area (Å²) in [4.78, 5) is 14.3. The minimum atomic E-state index is -0.400. The van der Waals surface area contributed by atoms with Crippen molar-refractivity contribution < 1.29 is 9.53 Å². The number of rotatable bonds is 2. The van der Waals surface area contributed by atoms with Crippen LogP contribution >= 0.6 is 0 Å². The number of carbonyl (C=O) groups excluding carboxylic acids is 1. The summed E-state index contributed by atoms with van der Waals surface area (Å²) >= 11 is 0.